The first-order chi connectivity index (χ1) is 15.2. The Balaban J connectivity index is 1.59. The highest BCUT2D eigenvalue weighted by Crippen LogP contribution is 2.34. The van der Waals surface area contributed by atoms with Crippen LogP contribution >= 0.6 is 11.3 Å². The summed E-state index contributed by atoms with van der Waals surface area (Å²) in [6, 6.07) is 18.4. The zero-order valence-corrected chi connectivity index (χ0v) is 18.0. The molecule has 8 heteroatoms. The minimum Gasteiger partial charge on any atom is -0.497 e. The van der Waals surface area contributed by atoms with Gasteiger partial charge in [0.15, 0.2) is 11.7 Å². The molecule has 0 unspecified atom stereocenters. The molecule has 0 aliphatic rings. The molecule has 0 aliphatic carbocycles. The van der Waals surface area contributed by atoms with Crippen LogP contribution in [0.1, 0.15) is 5.69 Å². The Morgan fingerprint density at radius 3 is 2.48 bits per heavy atom. The van der Waals surface area contributed by atoms with Gasteiger partial charge in [0.2, 0.25) is 0 Å². The van der Waals surface area contributed by atoms with Crippen molar-refractivity contribution < 1.29 is 19.0 Å². The maximum Gasteiger partial charge on any atom is 0.267 e. The number of methoxy groups -OCH3 is 2. The number of aromatic nitrogens is 2. The minimum atomic E-state index is -0.223. The number of ether oxygens (including phenoxy) is 3. The first-order valence-corrected chi connectivity index (χ1v) is 10.4. The molecule has 0 bridgehead atoms. The maximum atomic E-state index is 13.2. The number of carbonyl (C=O) groups excluding carboxylic acids is 1. The van der Waals surface area contributed by atoms with Crippen LogP contribution in [0.5, 0.6) is 17.2 Å². The van der Waals surface area contributed by atoms with Gasteiger partial charge in [0.05, 0.1) is 31.2 Å². The highest BCUT2D eigenvalue weighted by atomic mass is 32.1. The Morgan fingerprint density at radius 1 is 0.968 bits per heavy atom. The third kappa shape index (κ3) is 4.75. The van der Waals surface area contributed by atoms with Gasteiger partial charge in [-0.25, -0.2) is 4.98 Å². The van der Waals surface area contributed by atoms with Gasteiger partial charge in [-0.2, -0.15) is 0 Å². The van der Waals surface area contributed by atoms with E-state index in [4.69, 9.17) is 14.2 Å². The number of para-hydroxylation sites is 1. The van der Waals surface area contributed by atoms with Gasteiger partial charge in [0.25, 0.3) is 5.91 Å². The zero-order valence-electron chi connectivity index (χ0n) is 17.1. The predicted octanol–water partition coefficient (Wildman–Crippen LogP) is 4.32. The Morgan fingerprint density at radius 2 is 1.77 bits per heavy atom. The molecule has 2 aromatic carbocycles. The number of carbonyl (C=O) groups is 1. The quantitative estimate of drug-likeness (QED) is 0.410. The van der Waals surface area contributed by atoms with E-state index in [2.05, 4.69) is 9.97 Å². The van der Waals surface area contributed by atoms with Gasteiger partial charge < -0.3 is 14.2 Å². The van der Waals surface area contributed by atoms with Crippen molar-refractivity contribution in [2.24, 2.45) is 0 Å². The number of fused-ring (bicyclic) bond motifs is 1. The molecule has 0 saturated carbocycles. The molecule has 0 aliphatic heterocycles. The first-order valence-electron chi connectivity index (χ1n) is 9.58. The second kappa shape index (κ2) is 9.44. The van der Waals surface area contributed by atoms with Crippen molar-refractivity contribution in [1.29, 1.82) is 0 Å². The van der Waals surface area contributed by atoms with E-state index in [1.54, 1.807) is 49.6 Å². The Bertz CT molecular complexity index is 1160. The second-order valence-electron chi connectivity index (χ2n) is 6.57. The molecule has 31 heavy (non-hydrogen) atoms. The van der Waals surface area contributed by atoms with Gasteiger partial charge >= 0.3 is 0 Å². The molecule has 2 aromatic heterocycles. The number of pyridine rings is 1. The fourth-order valence-corrected chi connectivity index (χ4v) is 4.00. The number of anilines is 1. The number of nitrogens with zero attached hydrogens (tertiary/aromatic N) is 3. The molecule has 0 spiro atoms. The lowest BCUT2D eigenvalue weighted by atomic mass is 10.3. The van der Waals surface area contributed by atoms with Gasteiger partial charge in [0, 0.05) is 6.20 Å². The van der Waals surface area contributed by atoms with Crippen molar-refractivity contribution >= 4 is 32.6 Å². The highest BCUT2D eigenvalue weighted by molar-refractivity contribution is 7.22. The third-order valence-electron chi connectivity index (χ3n) is 4.59. The number of hydrogen-bond donors (Lipinski definition) is 0. The number of benzene rings is 2. The van der Waals surface area contributed by atoms with Gasteiger partial charge in [0.1, 0.15) is 22.8 Å². The topological polar surface area (TPSA) is 73.8 Å². The van der Waals surface area contributed by atoms with Crippen LogP contribution in [-0.2, 0) is 11.3 Å². The van der Waals surface area contributed by atoms with Gasteiger partial charge in [-0.05, 0) is 48.5 Å². The van der Waals surface area contributed by atoms with Crippen LogP contribution in [0, 0.1) is 0 Å². The lowest BCUT2D eigenvalue weighted by Gasteiger charge is -2.19. The van der Waals surface area contributed by atoms with Gasteiger partial charge in [-0.15, -0.1) is 0 Å². The van der Waals surface area contributed by atoms with Gasteiger partial charge in [-0.1, -0.05) is 23.5 Å². The summed E-state index contributed by atoms with van der Waals surface area (Å²) < 4.78 is 17.2. The lowest BCUT2D eigenvalue weighted by Crippen LogP contribution is -2.34. The molecule has 0 atom stereocenters. The number of thiazole rings is 1. The van der Waals surface area contributed by atoms with Crippen molar-refractivity contribution in [2.45, 2.75) is 6.54 Å². The molecule has 2 heterocycles. The molecule has 0 saturated heterocycles. The average molecular weight is 436 g/mol. The van der Waals surface area contributed by atoms with Crippen LogP contribution in [0.3, 0.4) is 0 Å². The molecular weight excluding hydrogens is 414 g/mol. The van der Waals surface area contributed by atoms with Crippen molar-refractivity contribution in [2.75, 3.05) is 25.7 Å². The first kappa shape index (κ1) is 20.6. The van der Waals surface area contributed by atoms with Crippen molar-refractivity contribution in [3.05, 3.63) is 72.6 Å². The van der Waals surface area contributed by atoms with Crippen LogP contribution in [0.15, 0.2) is 66.9 Å². The highest BCUT2D eigenvalue weighted by Gasteiger charge is 2.22. The van der Waals surface area contributed by atoms with Crippen LogP contribution in [0.4, 0.5) is 5.13 Å². The predicted molar refractivity (Wildman–Crippen MR) is 120 cm³/mol. The largest absolute Gasteiger partial charge is 0.497 e. The summed E-state index contributed by atoms with van der Waals surface area (Å²) in [4.78, 5) is 23.8. The van der Waals surface area contributed by atoms with Crippen molar-refractivity contribution in [3.8, 4) is 17.2 Å². The fraction of sp³-hybridized carbons (Fsp3) is 0.174. The summed E-state index contributed by atoms with van der Waals surface area (Å²) in [5, 5.41) is 0.563. The second-order valence-corrected chi connectivity index (χ2v) is 7.58. The smallest absolute Gasteiger partial charge is 0.267 e. The van der Waals surface area contributed by atoms with E-state index in [0.29, 0.717) is 16.6 Å². The van der Waals surface area contributed by atoms with Crippen LogP contribution < -0.4 is 19.1 Å². The summed E-state index contributed by atoms with van der Waals surface area (Å²) in [7, 11) is 3.20. The molecule has 0 N–H and O–H groups in total. The van der Waals surface area contributed by atoms with E-state index >= 15 is 0 Å². The Hall–Kier alpha value is -3.65. The standard InChI is InChI=1S/C23H21N3O4S/c1-28-17-9-11-18(12-10-17)30-15-21(27)26(14-16-6-3-4-13-24-16)23-25-22-19(29-2)7-5-8-20(22)31-23/h3-13H,14-15H2,1-2H3. The van der Waals surface area contributed by atoms with E-state index in [9.17, 15) is 4.79 Å². The van der Waals surface area contributed by atoms with Crippen LogP contribution in [-0.4, -0.2) is 36.7 Å². The van der Waals surface area contributed by atoms with E-state index in [0.717, 1.165) is 21.7 Å². The Kier molecular flexibility index (Phi) is 6.28. The number of hydrogen-bond acceptors (Lipinski definition) is 7. The molecule has 158 valence electrons. The summed E-state index contributed by atoms with van der Waals surface area (Å²) in [5.74, 6) is 1.75. The molecule has 4 aromatic rings. The van der Waals surface area contributed by atoms with Crippen molar-refractivity contribution in [3.63, 3.8) is 0 Å². The molecule has 1 amide bonds. The Labute approximate surface area is 183 Å². The monoisotopic (exact) mass is 435 g/mol. The normalized spacial score (nSPS) is 10.6. The molecule has 0 radical (unpaired) electrons. The van der Waals surface area contributed by atoms with Crippen LogP contribution in [0.2, 0.25) is 0 Å². The molecule has 7 nitrogen and oxygen atoms in total. The molecule has 4 rings (SSSR count). The molecular formula is C23H21N3O4S. The molecule has 0 fully saturated rings. The van der Waals surface area contributed by atoms with E-state index < -0.39 is 0 Å². The maximum absolute atomic E-state index is 13.2. The lowest BCUT2D eigenvalue weighted by molar-refractivity contribution is -0.120. The number of amides is 1. The van der Waals surface area contributed by atoms with E-state index in [-0.39, 0.29) is 19.1 Å². The van der Waals surface area contributed by atoms with E-state index in [1.807, 2.05) is 36.4 Å². The third-order valence-corrected chi connectivity index (χ3v) is 5.63. The zero-order chi connectivity index (χ0) is 21.6. The summed E-state index contributed by atoms with van der Waals surface area (Å²) in [6.07, 6.45) is 1.70. The minimum absolute atomic E-state index is 0.133. The SMILES string of the molecule is COc1ccc(OCC(=O)N(Cc2ccccn2)c2nc3c(OC)cccc3s2)cc1. The fourth-order valence-electron chi connectivity index (χ4n) is 3.00. The average Bonchev–Trinajstić information content (AvgIpc) is 3.26. The number of rotatable bonds is 8. The summed E-state index contributed by atoms with van der Waals surface area (Å²) in [6.45, 7) is 0.153. The van der Waals surface area contributed by atoms with Gasteiger partial charge in [-0.3, -0.25) is 14.7 Å². The summed E-state index contributed by atoms with van der Waals surface area (Å²) in [5.41, 5.74) is 1.48. The summed E-state index contributed by atoms with van der Waals surface area (Å²) >= 11 is 1.42. The van der Waals surface area contributed by atoms with E-state index in [1.165, 1.54) is 11.3 Å². The van der Waals surface area contributed by atoms with Crippen molar-refractivity contribution in [1.82, 2.24) is 9.97 Å². The van der Waals surface area contributed by atoms with Crippen LogP contribution in [0.25, 0.3) is 10.2 Å².